The number of piperidine rings is 1. The van der Waals surface area contributed by atoms with Crippen molar-refractivity contribution < 1.29 is 13.2 Å². The Balaban J connectivity index is 2.02. The van der Waals surface area contributed by atoms with Crippen LogP contribution in [0, 0.1) is 0 Å². The van der Waals surface area contributed by atoms with Crippen LogP contribution in [-0.2, 0) is 15.1 Å². The standard InChI is InChI=1S/C15H13NO3S/c17-15-14(20(18)19)9-8-13(16-15)12-7-3-5-10-4-1-2-6-11(10)12/h1-7,13H,8-9H2,(H,16,17). The van der Waals surface area contributed by atoms with Crippen molar-refractivity contribution >= 4 is 31.8 Å². The molecule has 102 valence electrons. The number of carbonyl (C=O) groups is 1. The summed E-state index contributed by atoms with van der Waals surface area (Å²) in [6, 6.07) is 13.8. The first-order valence-corrected chi connectivity index (χ1v) is 7.48. The van der Waals surface area contributed by atoms with Crippen LogP contribution in [0.2, 0.25) is 0 Å². The predicted octanol–water partition coefficient (Wildman–Crippen LogP) is 1.84. The van der Waals surface area contributed by atoms with Gasteiger partial charge in [-0.1, -0.05) is 42.5 Å². The van der Waals surface area contributed by atoms with Gasteiger partial charge < -0.3 is 5.32 Å². The monoisotopic (exact) mass is 287 g/mol. The number of rotatable bonds is 1. The first-order valence-electron chi connectivity index (χ1n) is 6.40. The van der Waals surface area contributed by atoms with Crippen molar-refractivity contribution in [3.8, 4) is 0 Å². The summed E-state index contributed by atoms with van der Waals surface area (Å²) in [5, 5.41) is 4.99. The van der Waals surface area contributed by atoms with E-state index in [1.165, 1.54) is 0 Å². The summed E-state index contributed by atoms with van der Waals surface area (Å²) in [4.78, 5) is 11.8. The Kier molecular flexibility index (Phi) is 3.28. The molecule has 1 unspecified atom stereocenters. The van der Waals surface area contributed by atoms with Gasteiger partial charge in [-0.3, -0.25) is 4.79 Å². The lowest BCUT2D eigenvalue weighted by Crippen LogP contribution is -2.39. The van der Waals surface area contributed by atoms with Crippen LogP contribution in [0.3, 0.4) is 0 Å². The van der Waals surface area contributed by atoms with Gasteiger partial charge in [-0.15, -0.1) is 0 Å². The van der Waals surface area contributed by atoms with Crippen LogP contribution in [0.15, 0.2) is 42.5 Å². The molecule has 3 rings (SSSR count). The molecule has 1 fully saturated rings. The molecule has 0 saturated carbocycles. The lowest BCUT2D eigenvalue weighted by Gasteiger charge is -2.24. The minimum atomic E-state index is -2.43. The van der Waals surface area contributed by atoms with E-state index in [2.05, 4.69) is 5.32 Å². The summed E-state index contributed by atoms with van der Waals surface area (Å²) in [7, 11) is -2.43. The van der Waals surface area contributed by atoms with Gasteiger partial charge in [0.05, 0.1) is 6.04 Å². The number of amides is 1. The SMILES string of the molecule is O=C1NC(c2cccc3ccccc23)CCC1=S(=O)=O. The van der Waals surface area contributed by atoms with Crippen molar-refractivity contribution in [1.29, 1.82) is 0 Å². The van der Waals surface area contributed by atoms with Crippen LogP contribution in [0.4, 0.5) is 0 Å². The van der Waals surface area contributed by atoms with Gasteiger partial charge >= 0.3 is 0 Å². The van der Waals surface area contributed by atoms with Gasteiger partial charge in [-0.25, -0.2) is 0 Å². The van der Waals surface area contributed by atoms with Crippen molar-refractivity contribution in [2.24, 2.45) is 0 Å². The first kappa shape index (κ1) is 12.9. The smallest absolute Gasteiger partial charge is 0.263 e. The Morgan fingerprint density at radius 3 is 2.55 bits per heavy atom. The Labute approximate surface area is 118 Å². The van der Waals surface area contributed by atoms with E-state index in [-0.39, 0.29) is 17.3 Å². The summed E-state index contributed by atoms with van der Waals surface area (Å²) in [5.41, 5.74) is 1.03. The molecule has 1 amide bonds. The van der Waals surface area contributed by atoms with Crippen molar-refractivity contribution in [3.05, 3.63) is 48.0 Å². The van der Waals surface area contributed by atoms with Crippen molar-refractivity contribution in [3.63, 3.8) is 0 Å². The molecule has 1 saturated heterocycles. The molecule has 1 atom stereocenters. The van der Waals surface area contributed by atoms with Crippen LogP contribution in [0.25, 0.3) is 10.8 Å². The Morgan fingerprint density at radius 1 is 1.05 bits per heavy atom. The molecule has 1 heterocycles. The Hall–Kier alpha value is -2.14. The topological polar surface area (TPSA) is 63.2 Å². The van der Waals surface area contributed by atoms with Crippen LogP contribution in [0.1, 0.15) is 24.4 Å². The summed E-state index contributed by atoms with van der Waals surface area (Å²) in [6.07, 6.45) is 0.888. The van der Waals surface area contributed by atoms with E-state index in [4.69, 9.17) is 0 Å². The quantitative estimate of drug-likeness (QED) is 0.814. The minimum absolute atomic E-state index is 0.0542. The molecule has 20 heavy (non-hydrogen) atoms. The second-order valence-electron chi connectivity index (χ2n) is 4.79. The highest BCUT2D eigenvalue weighted by Crippen LogP contribution is 2.29. The maximum Gasteiger partial charge on any atom is 0.263 e. The number of fused-ring (bicyclic) bond motifs is 1. The molecular formula is C15H13NO3S. The number of benzene rings is 2. The summed E-state index contributed by atoms with van der Waals surface area (Å²) < 4.78 is 21.8. The molecule has 5 heteroatoms. The van der Waals surface area contributed by atoms with E-state index < -0.39 is 16.2 Å². The van der Waals surface area contributed by atoms with Crippen LogP contribution >= 0.6 is 0 Å². The van der Waals surface area contributed by atoms with E-state index >= 15 is 0 Å². The number of hydrogen-bond acceptors (Lipinski definition) is 3. The summed E-state index contributed by atoms with van der Waals surface area (Å²) in [6.45, 7) is 0. The molecule has 2 aromatic rings. The van der Waals surface area contributed by atoms with E-state index in [0.717, 1.165) is 16.3 Å². The molecule has 0 aromatic heterocycles. The molecular weight excluding hydrogens is 274 g/mol. The van der Waals surface area contributed by atoms with Crippen molar-refractivity contribution in [1.82, 2.24) is 5.32 Å². The van der Waals surface area contributed by atoms with Gasteiger partial charge in [-0.05, 0) is 29.2 Å². The number of hydrogen-bond donors (Lipinski definition) is 1. The fourth-order valence-corrected chi connectivity index (χ4v) is 3.14. The van der Waals surface area contributed by atoms with Gasteiger partial charge in [0.1, 0.15) is 4.86 Å². The molecule has 2 aromatic carbocycles. The third-order valence-electron chi connectivity index (χ3n) is 3.62. The number of nitrogens with one attached hydrogen (secondary N) is 1. The van der Waals surface area contributed by atoms with Gasteiger partial charge in [0.15, 0.2) is 0 Å². The molecule has 0 radical (unpaired) electrons. The zero-order chi connectivity index (χ0) is 14.1. The average Bonchev–Trinajstić information content (AvgIpc) is 2.46. The van der Waals surface area contributed by atoms with Gasteiger partial charge in [-0.2, -0.15) is 8.42 Å². The maximum atomic E-state index is 11.8. The molecule has 0 spiro atoms. The zero-order valence-corrected chi connectivity index (χ0v) is 11.5. The van der Waals surface area contributed by atoms with Gasteiger partial charge in [0.2, 0.25) is 10.3 Å². The Bertz CT molecular complexity index is 811. The lowest BCUT2D eigenvalue weighted by molar-refractivity contribution is -0.116. The molecule has 1 N–H and O–H groups in total. The highest BCUT2D eigenvalue weighted by molar-refractivity contribution is 7.74. The lowest BCUT2D eigenvalue weighted by atomic mass is 9.93. The molecule has 4 nitrogen and oxygen atoms in total. The van der Waals surface area contributed by atoms with Gasteiger partial charge in [0.25, 0.3) is 5.91 Å². The molecule has 0 bridgehead atoms. The average molecular weight is 287 g/mol. The predicted molar refractivity (Wildman–Crippen MR) is 78.0 cm³/mol. The second-order valence-corrected chi connectivity index (χ2v) is 5.75. The third-order valence-corrected chi connectivity index (χ3v) is 4.41. The van der Waals surface area contributed by atoms with Crippen LogP contribution in [0.5, 0.6) is 0 Å². The third kappa shape index (κ3) is 2.20. The van der Waals surface area contributed by atoms with E-state index in [1.54, 1.807) is 0 Å². The maximum absolute atomic E-state index is 11.8. The van der Waals surface area contributed by atoms with Crippen molar-refractivity contribution in [2.45, 2.75) is 18.9 Å². The highest BCUT2D eigenvalue weighted by atomic mass is 32.2. The van der Waals surface area contributed by atoms with Crippen LogP contribution in [-0.4, -0.2) is 19.2 Å². The van der Waals surface area contributed by atoms with Crippen molar-refractivity contribution in [2.75, 3.05) is 0 Å². The summed E-state index contributed by atoms with van der Waals surface area (Å²) in [5.74, 6) is -0.484. The molecule has 1 aliphatic heterocycles. The second kappa shape index (κ2) is 5.09. The largest absolute Gasteiger partial charge is 0.345 e. The molecule has 0 aliphatic carbocycles. The van der Waals surface area contributed by atoms with Gasteiger partial charge in [0, 0.05) is 0 Å². The zero-order valence-electron chi connectivity index (χ0n) is 10.7. The van der Waals surface area contributed by atoms with Crippen LogP contribution < -0.4 is 5.32 Å². The summed E-state index contributed by atoms with van der Waals surface area (Å²) >= 11 is 0. The number of carbonyl (C=O) groups excluding carboxylic acids is 1. The highest BCUT2D eigenvalue weighted by Gasteiger charge is 2.26. The van der Waals surface area contributed by atoms with E-state index in [0.29, 0.717) is 6.42 Å². The normalized spacial score (nSPS) is 18.9. The fraction of sp³-hybridized carbons (Fsp3) is 0.200. The first-order chi connectivity index (χ1) is 9.66. The fourth-order valence-electron chi connectivity index (χ4n) is 2.65. The van der Waals surface area contributed by atoms with E-state index in [1.807, 2.05) is 42.5 Å². The minimum Gasteiger partial charge on any atom is -0.345 e. The van der Waals surface area contributed by atoms with E-state index in [9.17, 15) is 13.2 Å². The molecule has 1 aliphatic rings. The Morgan fingerprint density at radius 2 is 1.80 bits per heavy atom.